The van der Waals surface area contributed by atoms with Crippen molar-refractivity contribution in [3.8, 4) is 11.4 Å². The fourth-order valence-electron chi connectivity index (χ4n) is 2.69. The van der Waals surface area contributed by atoms with Gasteiger partial charge in [0.1, 0.15) is 5.82 Å². The number of nitrogens with two attached hydrogens (primary N) is 1. The standard InChI is InChI=1S/C16H16N4O4S/c1-2-9-19-15-8-7-13(25(17,23)24)10-14(15)18-16(19)11-3-5-12(6-4-11)20(21)22/h3-8,10H,2,9H2,1H3,(H2,17,23,24). The zero-order valence-corrected chi connectivity index (χ0v) is 14.2. The van der Waals surface area contributed by atoms with E-state index in [0.29, 0.717) is 23.4 Å². The van der Waals surface area contributed by atoms with Crippen LogP contribution in [-0.2, 0) is 16.6 Å². The van der Waals surface area contributed by atoms with Crippen LogP contribution in [0.1, 0.15) is 13.3 Å². The van der Waals surface area contributed by atoms with E-state index in [-0.39, 0.29) is 10.6 Å². The highest BCUT2D eigenvalue weighted by Gasteiger charge is 2.16. The van der Waals surface area contributed by atoms with Crippen LogP contribution < -0.4 is 5.14 Å². The fraction of sp³-hybridized carbons (Fsp3) is 0.188. The van der Waals surface area contributed by atoms with Crippen molar-refractivity contribution in [1.29, 1.82) is 0 Å². The van der Waals surface area contributed by atoms with E-state index in [4.69, 9.17) is 5.14 Å². The molecule has 0 atom stereocenters. The van der Waals surface area contributed by atoms with Crippen LogP contribution in [0.2, 0.25) is 0 Å². The van der Waals surface area contributed by atoms with Crippen LogP contribution >= 0.6 is 0 Å². The Labute approximate surface area is 144 Å². The van der Waals surface area contributed by atoms with Crippen molar-refractivity contribution >= 4 is 26.7 Å². The highest BCUT2D eigenvalue weighted by molar-refractivity contribution is 7.89. The van der Waals surface area contributed by atoms with E-state index in [1.807, 2.05) is 11.5 Å². The van der Waals surface area contributed by atoms with Crippen LogP contribution in [0.5, 0.6) is 0 Å². The van der Waals surface area contributed by atoms with Gasteiger partial charge in [-0.1, -0.05) is 6.92 Å². The number of sulfonamides is 1. The minimum absolute atomic E-state index is 0.00147. The molecule has 0 bridgehead atoms. The normalized spacial score (nSPS) is 11.8. The molecule has 0 aliphatic heterocycles. The first-order chi connectivity index (χ1) is 11.8. The Bertz CT molecular complexity index is 1060. The summed E-state index contributed by atoms with van der Waals surface area (Å²) in [6.45, 7) is 2.70. The second-order valence-corrected chi connectivity index (χ2v) is 7.15. The molecule has 1 heterocycles. The Kier molecular flexibility index (Phi) is 4.27. The van der Waals surface area contributed by atoms with Crippen LogP contribution in [0.4, 0.5) is 5.69 Å². The number of aryl methyl sites for hydroxylation is 1. The second kappa shape index (κ2) is 6.26. The highest BCUT2D eigenvalue weighted by Crippen LogP contribution is 2.28. The van der Waals surface area contributed by atoms with E-state index in [1.54, 1.807) is 18.2 Å². The number of nitro groups is 1. The first-order valence-corrected chi connectivity index (χ1v) is 9.14. The summed E-state index contributed by atoms with van der Waals surface area (Å²) in [6, 6.07) is 10.7. The molecule has 0 amide bonds. The summed E-state index contributed by atoms with van der Waals surface area (Å²) in [5.74, 6) is 0.623. The summed E-state index contributed by atoms with van der Waals surface area (Å²) in [5.41, 5.74) is 2.00. The molecule has 0 aliphatic rings. The van der Waals surface area contributed by atoms with Crippen molar-refractivity contribution in [1.82, 2.24) is 9.55 Å². The average Bonchev–Trinajstić information content (AvgIpc) is 2.92. The number of nitro benzene ring substituents is 1. The van der Waals surface area contributed by atoms with Crippen molar-refractivity contribution in [2.24, 2.45) is 5.14 Å². The van der Waals surface area contributed by atoms with Gasteiger partial charge in [-0.05, 0) is 36.8 Å². The van der Waals surface area contributed by atoms with E-state index in [9.17, 15) is 18.5 Å². The maximum atomic E-state index is 11.5. The van der Waals surface area contributed by atoms with Gasteiger partial charge in [-0.2, -0.15) is 0 Å². The smallest absolute Gasteiger partial charge is 0.269 e. The number of non-ortho nitro benzene ring substituents is 1. The molecule has 0 fully saturated rings. The molecule has 0 spiro atoms. The zero-order chi connectivity index (χ0) is 18.2. The third-order valence-electron chi connectivity index (χ3n) is 3.83. The maximum absolute atomic E-state index is 11.5. The average molecular weight is 360 g/mol. The third kappa shape index (κ3) is 3.24. The Morgan fingerprint density at radius 3 is 2.44 bits per heavy atom. The van der Waals surface area contributed by atoms with E-state index < -0.39 is 14.9 Å². The van der Waals surface area contributed by atoms with Crippen molar-refractivity contribution in [3.05, 3.63) is 52.6 Å². The summed E-state index contributed by atoms with van der Waals surface area (Å²) in [5, 5.41) is 16.0. The number of imidazole rings is 1. The minimum atomic E-state index is -3.81. The Hall–Kier alpha value is -2.78. The number of fused-ring (bicyclic) bond motifs is 1. The van der Waals surface area contributed by atoms with Crippen LogP contribution in [0, 0.1) is 10.1 Å². The van der Waals surface area contributed by atoms with Crippen molar-refractivity contribution in [2.45, 2.75) is 24.8 Å². The SMILES string of the molecule is CCCn1c(-c2ccc([N+](=O)[O-])cc2)nc2cc(S(N)(=O)=O)ccc21. The molecule has 25 heavy (non-hydrogen) atoms. The minimum Gasteiger partial charge on any atom is -0.324 e. The van der Waals surface area contributed by atoms with Gasteiger partial charge in [0.05, 0.1) is 20.9 Å². The number of rotatable bonds is 5. The summed E-state index contributed by atoms with van der Waals surface area (Å²) >= 11 is 0. The number of hydrogen-bond acceptors (Lipinski definition) is 5. The molecule has 1 aromatic heterocycles. The number of benzene rings is 2. The predicted octanol–water partition coefficient (Wildman–Crippen LogP) is 2.67. The molecule has 2 N–H and O–H groups in total. The lowest BCUT2D eigenvalue weighted by atomic mass is 10.2. The van der Waals surface area contributed by atoms with E-state index in [0.717, 1.165) is 11.9 Å². The Morgan fingerprint density at radius 1 is 1.20 bits per heavy atom. The van der Waals surface area contributed by atoms with Gasteiger partial charge in [-0.3, -0.25) is 10.1 Å². The van der Waals surface area contributed by atoms with E-state index >= 15 is 0 Å². The van der Waals surface area contributed by atoms with Crippen LogP contribution in [0.25, 0.3) is 22.4 Å². The predicted molar refractivity (Wildman–Crippen MR) is 93.5 cm³/mol. The second-order valence-electron chi connectivity index (χ2n) is 5.59. The summed E-state index contributed by atoms with van der Waals surface area (Å²) in [7, 11) is -3.81. The number of hydrogen-bond donors (Lipinski definition) is 1. The van der Waals surface area contributed by atoms with Crippen LogP contribution in [0.15, 0.2) is 47.4 Å². The van der Waals surface area contributed by atoms with Crippen molar-refractivity contribution < 1.29 is 13.3 Å². The molecule has 2 aromatic carbocycles. The number of aromatic nitrogens is 2. The first-order valence-electron chi connectivity index (χ1n) is 7.59. The molecule has 0 saturated carbocycles. The Balaban J connectivity index is 2.19. The molecular weight excluding hydrogens is 344 g/mol. The molecule has 3 aromatic rings. The molecule has 0 unspecified atom stereocenters. The van der Waals surface area contributed by atoms with Gasteiger partial charge in [0.2, 0.25) is 10.0 Å². The van der Waals surface area contributed by atoms with Gasteiger partial charge in [-0.15, -0.1) is 0 Å². The molecule has 8 nitrogen and oxygen atoms in total. The summed E-state index contributed by atoms with van der Waals surface area (Å²) < 4.78 is 25.1. The quantitative estimate of drug-likeness (QED) is 0.554. The molecule has 3 rings (SSSR count). The number of nitrogens with zero attached hydrogens (tertiary/aromatic N) is 3. The van der Waals surface area contributed by atoms with Gasteiger partial charge in [-0.25, -0.2) is 18.5 Å². The summed E-state index contributed by atoms with van der Waals surface area (Å²) in [6.07, 6.45) is 0.850. The molecule has 0 saturated heterocycles. The van der Waals surface area contributed by atoms with Gasteiger partial charge in [0.15, 0.2) is 0 Å². The third-order valence-corrected chi connectivity index (χ3v) is 4.74. The largest absolute Gasteiger partial charge is 0.324 e. The topological polar surface area (TPSA) is 121 Å². The summed E-state index contributed by atoms with van der Waals surface area (Å²) in [4.78, 5) is 14.9. The molecule has 0 radical (unpaired) electrons. The fourth-order valence-corrected chi connectivity index (χ4v) is 3.22. The first kappa shape index (κ1) is 17.1. The number of primary sulfonamides is 1. The van der Waals surface area contributed by atoms with Crippen LogP contribution in [0.3, 0.4) is 0 Å². The van der Waals surface area contributed by atoms with Crippen molar-refractivity contribution in [3.63, 3.8) is 0 Å². The lowest BCUT2D eigenvalue weighted by molar-refractivity contribution is -0.384. The van der Waals surface area contributed by atoms with E-state index in [2.05, 4.69) is 4.98 Å². The highest BCUT2D eigenvalue weighted by atomic mass is 32.2. The molecule has 0 aliphatic carbocycles. The molecule has 9 heteroatoms. The molecular formula is C16H16N4O4S. The monoisotopic (exact) mass is 360 g/mol. The lowest BCUT2D eigenvalue weighted by Crippen LogP contribution is -2.11. The van der Waals surface area contributed by atoms with E-state index in [1.165, 1.54) is 24.3 Å². The Morgan fingerprint density at radius 2 is 1.88 bits per heavy atom. The molecule has 130 valence electrons. The van der Waals surface area contributed by atoms with Gasteiger partial charge in [0, 0.05) is 24.2 Å². The van der Waals surface area contributed by atoms with Gasteiger partial charge < -0.3 is 4.57 Å². The lowest BCUT2D eigenvalue weighted by Gasteiger charge is -2.08. The maximum Gasteiger partial charge on any atom is 0.269 e. The van der Waals surface area contributed by atoms with Crippen molar-refractivity contribution in [2.75, 3.05) is 0 Å². The zero-order valence-electron chi connectivity index (χ0n) is 13.4. The van der Waals surface area contributed by atoms with Gasteiger partial charge in [0.25, 0.3) is 5.69 Å². The van der Waals surface area contributed by atoms with Gasteiger partial charge >= 0.3 is 0 Å². The van der Waals surface area contributed by atoms with Crippen LogP contribution in [-0.4, -0.2) is 22.9 Å².